The fraction of sp³-hybridized carbons (Fsp3) is 0.192. The van der Waals surface area contributed by atoms with E-state index in [2.05, 4.69) is 32.6 Å². The number of pyridine rings is 1. The van der Waals surface area contributed by atoms with E-state index in [-0.39, 0.29) is 11.7 Å². The van der Waals surface area contributed by atoms with E-state index >= 15 is 0 Å². The van der Waals surface area contributed by atoms with Crippen molar-refractivity contribution in [1.82, 2.24) is 25.2 Å². The van der Waals surface area contributed by atoms with Crippen LogP contribution in [0.3, 0.4) is 0 Å². The Morgan fingerprint density at radius 3 is 2.51 bits per heavy atom. The highest BCUT2D eigenvalue weighted by molar-refractivity contribution is 7.99. The summed E-state index contributed by atoms with van der Waals surface area (Å²) in [5, 5.41) is 13.4. The standard InChI is InChI=1S/C26H26N6O2S/c1-3-16-34-23-10-6-20(7-11-23)17-28-29-24(33)18-35-26-31-30-25(21-12-14-27-15-13-21)32(26)22-8-4-19(2)5-9-22/h4-15,17H,3,16,18H2,1-2H3,(H,29,33). The van der Waals surface area contributed by atoms with Gasteiger partial charge in [0.25, 0.3) is 5.91 Å². The first-order valence-corrected chi connectivity index (χ1v) is 12.2. The van der Waals surface area contributed by atoms with E-state index in [1.165, 1.54) is 11.8 Å². The van der Waals surface area contributed by atoms with Crippen LogP contribution in [0.1, 0.15) is 24.5 Å². The number of nitrogens with zero attached hydrogens (tertiary/aromatic N) is 5. The summed E-state index contributed by atoms with van der Waals surface area (Å²) in [4.78, 5) is 16.5. The van der Waals surface area contributed by atoms with E-state index in [4.69, 9.17) is 4.74 Å². The number of hydrazone groups is 1. The van der Waals surface area contributed by atoms with Crippen LogP contribution in [0.5, 0.6) is 5.75 Å². The molecule has 0 aliphatic carbocycles. The summed E-state index contributed by atoms with van der Waals surface area (Å²) < 4.78 is 7.51. The molecular weight excluding hydrogens is 460 g/mol. The first-order chi connectivity index (χ1) is 17.1. The average Bonchev–Trinajstić information content (AvgIpc) is 3.32. The van der Waals surface area contributed by atoms with Gasteiger partial charge in [-0.1, -0.05) is 36.4 Å². The Labute approximate surface area is 208 Å². The molecule has 0 spiro atoms. The molecule has 2 aromatic heterocycles. The summed E-state index contributed by atoms with van der Waals surface area (Å²) in [5.41, 5.74) is 6.39. The van der Waals surface area contributed by atoms with Gasteiger partial charge in [0, 0.05) is 23.6 Å². The Balaban J connectivity index is 1.42. The summed E-state index contributed by atoms with van der Waals surface area (Å²) in [5.74, 6) is 1.40. The Bertz CT molecular complexity index is 1270. The number of aromatic nitrogens is 4. The Hall–Kier alpha value is -3.98. The molecule has 2 heterocycles. The summed E-state index contributed by atoms with van der Waals surface area (Å²) in [6, 6.07) is 19.4. The molecule has 0 radical (unpaired) electrons. The minimum Gasteiger partial charge on any atom is -0.494 e. The summed E-state index contributed by atoms with van der Waals surface area (Å²) >= 11 is 1.30. The second-order valence-electron chi connectivity index (χ2n) is 7.71. The SMILES string of the molecule is CCCOc1ccc(C=NNC(=O)CSc2nnc(-c3ccncc3)n2-c2ccc(C)cc2)cc1. The van der Waals surface area contributed by atoms with Gasteiger partial charge in [0.2, 0.25) is 0 Å². The van der Waals surface area contributed by atoms with Crippen LogP contribution in [0.25, 0.3) is 17.1 Å². The highest BCUT2D eigenvalue weighted by atomic mass is 32.2. The van der Waals surface area contributed by atoms with Crippen LogP contribution in [0, 0.1) is 6.92 Å². The summed E-state index contributed by atoms with van der Waals surface area (Å²) in [7, 11) is 0. The molecule has 2 aromatic carbocycles. The Kier molecular flexibility index (Phi) is 8.24. The number of carbonyl (C=O) groups excluding carboxylic acids is 1. The Morgan fingerprint density at radius 1 is 1.06 bits per heavy atom. The van der Waals surface area contributed by atoms with Crippen molar-refractivity contribution in [2.45, 2.75) is 25.4 Å². The van der Waals surface area contributed by atoms with E-state index in [1.54, 1.807) is 18.6 Å². The molecular formula is C26H26N6O2S. The first kappa shape index (κ1) is 24.2. The molecule has 9 heteroatoms. The lowest BCUT2D eigenvalue weighted by Gasteiger charge is -2.10. The van der Waals surface area contributed by atoms with Crippen molar-refractivity contribution in [3.63, 3.8) is 0 Å². The van der Waals surface area contributed by atoms with Crippen LogP contribution in [-0.2, 0) is 4.79 Å². The zero-order valence-electron chi connectivity index (χ0n) is 19.6. The number of hydrogen-bond donors (Lipinski definition) is 1. The van der Waals surface area contributed by atoms with Gasteiger partial charge in [0.15, 0.2) is 11.0 Å². The maximum Gasteiger partial charge on any atom is 0.250 e. The van der Waals surface area contributed by atoms with Crippen molar-refractivity contribution in [1.29, 1.82) is 0 Å². The predicted octanol–water partition coefficient (Wildman–Crippen LogP) is 4.67. The Morgan fingerprint density at radius 2 is 1.80 bits per heavy atom. The predicted molar refractivity (Wildman–Crippen MR) is 138 cm³/mol. The van der Waals surface area contributed by atoms with Crippen molar-refractivity contribution in [3.8, 4) is 22.8 Å². The topological polar surface area (TPSA) is 94.3 Å². The summed E-state index contributed by atoms with van der Waals surface area (Å²) in [6.07, 6.45) is 5.99. The first-order valence-electron chi connectivity index (χ1n) is 11.2. The number of ether oxygens (including phenoxy) is 1. The molecule has 1 amide bonds. The number of aryl methyl sites for hydroxylation is 1. The third kappa shape index (κ3) is 6.54. The molecule has 0 aliphatic heterocycles. The largest absolute Gasteiger partial charge is 0.494 e. The monoisotopic (exact) mass is 486 g/mol. The molecule has 4 rings (SSSR count). The highest BCUT2D eigenvalue weighted by Crippen LogP contribution is 2.27. The molecule has 0 unspecified atom stereocenters. The van der Waals surface area contributed by atoms with Crippen molar-refractivity contribution in [3.05, 3.63) is 84.2 Å². The molecule has 0 fully saturated rings. The second kappa shape index (κ2) is 11.9. The number of carbonyl (C=O) groups is 1. The zero-order chi connectivity index (χ0) is 24.5. The number of nitrogens with one attached hydrogen (secondary N) is 1. The number of benzene rings is 2. The molecule has 8 nitrogen and oxygen atoms in total. The van der Waals surface area contributed by atoms with E-state index in [9.17, 15) is 4.79 Å². The van der Waals surface area contributed by atoms with Crippen molar-refractivity contribution in [2.24, 2.45) is 5.10 Å². The van der Waals surface area contributed by atoms with E-state index in [1.807, 2.05) is 72.2 Å². The van der Waals surface area contributed by atoms with Crippen molar-refractivity contribution < 1.29 is 9.53 Å². The quantitative estimate of drug-likeness (QED) is 0.199. The maximum absolute atomic E-state index is 12.4. The minimum absolute atomic E-state index is 0.140. The van der Waals surface area contributed by atoms with Crippen LogP contribution in [0.2, 0.25) is 0 Å². The number of hydrogen-bond acceptors (Lipinski definition) is 7. The fourth-order valence-electron chi connectivity index (χ4n) is 3.19. The second-order valence-corrected chi connectivity index (χ2v) is 8.65. The van der Waals surface area contributed by atoms with E-state index in [0.717, 1.165) is 34.5 Å². The lowest BCUT2D eigenvalue weighted by Crippen LogP contribution is -2.20. The summed E-state index contributed by atoms with van der Waals surface area (Å²) in [6.45, 7) is 4.78. The number of amides is 1. The fourth-order valence-corrected chi connectivity index (χ4v) is 3.93. The lowest BCUT2D eigenvalue weighted by molar-refractivity contribution is -0.118. The smallest absolute Gasteiger partial charge is 0.250 e. The zero-order valence-corrected chi connectivity index (χ0v) is 20.4. The highest BCUT2D eigenvalue weighted by Gasteiger charge is 2.17. The van der Waals surface area contributed by atoms with Crippen molar-refractivity contribution >= 4 is 23.9 Å². The molecule has 0 aliphatic rings. The third-order valence-electron chi connectivity index (χ3n) is 4.95. The van der Waals surface area contributed by atoms with Gasteiger partial charge in [0.05, 0.1) is 18.6 Å². The molecule has 0 atom stereocenters. The van der Waals surface area contributed by atoms with E-state index < -0.39 is 0 Å². The van der Waals surface area contributed by atoms with Gasteiger partial charge in [-0.15, -0.1) is 10.2 Å². The normalized spacial score (nSPS) is 11.0. The van der Waals surface area contributed by atoms with E-state index in [0.29, 0.717) is 17.6 Å². The molecule has 4 aromatic rings. The average molecular weight is 487 g/mol. The number of rotatable bonds is 10. The van der Waals surface area contributed by atoms with Crippen LogP contribution < -0.4 is 10.2 Å². The lowest BCUT2D eigenvalue weighted by atomic mass is 10.2. The third-order valence-corrected chi connectivity index (χ3v) is 5.88. The van der Waals surface area contributed by atoms with Gasteiger partial charge < -0.3 is 4.74 Å². The van der Waals surface area contributed by atoms with Crippen LogP contribution >= 0.6 is 11.8 Å². The molecule has 178 valence electrons. The molecule has 0 saturated heterocycles. The molecule has 35 heavy (non-hydrogen) atoms. The van der Waals surface area contributed by atoms with Crippen LogP contribution in [0.4, 0.5) is 0 Å². The van der Waals surface area contributed by atoms with Gasteiger partial charge >= 0.3 is 0 Å². The molecule has 0 saturated carbocycles. The van der Waals surface area contributed by atoms with Gasteiger partial charge in [-0.25, -0.2) is 5.43 Å². The molecule has 0 bridgehead atoms. The minimum atomic E-state index is -0.238. The van der Waals surface area contributed by atoms with Crippen LogP contribution in [0.15, 0.2) is 83.3 Å². The van der Waals surface area contributed by atoms with Crippen molar-refractivity contribution in [2.75, 3.05) is 12.4 Å². The maximum atomic E-state index is 12.4. The van der Waals surface area contributed by atoms with Crippen LogP contribution in [-0.4, -0.2) is 44.2 Å². The van der Waals surface area contributed by atoms with Gasteiger partial charge in [-0.05, 0) is 67.4 Å². The molecule has 1 N–H and O–H groups in total. The number of thioether (sulfide) groups is 1. The van der Waals surface area contributed by atoms with Gasteiger partial charge in [-0.2, -0.15) is 5.10 Å². The van der Waals surface area contributed by atoms with Gasteiger partial charge in [-0.3, -0.25) is 14.3 Å². The van der Waals surface area contributed by atoms with Gasteiger partial charge in [0.1, 0.15) is 5.75 Å².